The van der Waals surface area contributed by atoms with E-state index >= 15 is 0 Å². The topological polar surface area (TPSA) is 54.4 Å². The summed E-state index contributed by atoms with van der Waals surface area (Å²) in [4.78, 5) is 22.1. The van der Waals surface area contributed by atoms with Gasteiger partial charge in [-0.05, 0) is 31.8 Å². The van der Waals surface area contributed by atoms with Gasteiger partial charge in [-0.25, -0.2) is 0 Å². The number of carboxylic acid groups (broad SMARTS) is 1. The smallest absolute Gasteiger partial charge is 0.303 e. The van der Waals surface area contributed by atoms with E-state index in [9.17, 15) is 9.59 Å². The quantitative estimate of drug-likeness (QED) is 0.507. The summed E-state index contributed by atoms with van der Waals surface area (Å²) in [7, 11) is 0. The van der Waals surface area contributed by atoms with E-state index in [4.69, 9.17) is 5.11 Å². The van der Waals surface area contributed by atoms with Crippen molar-refractivity contribution in [2.75, 3.05) is 0 Å². The van der Waals surface area contributed by atoms with Crippen molar-refractivity contribution in [2.24, 2.45) is 5.92 Å². The molecule has 1 atom stereocenters. The molecule has 1 unspecified atom stereocenters. The summed E-state index contributed by atoms with van der Waals surface area (Å²) >= 11 is 0. The second-order valence-corrected chi connectivity index (χ2v) is 5.12. The van der Waals surface area contributed by atoms with Gasteiger partial charge >= 0.3 is 5.97 Å². The summed E-state index contributed by atoms with van der Waals surface area (Å²) < 4.78 is 0. The average Bonchev–Trinajstić information content (AvgIpc) is 2.72. The van der Waals surface area contributed by atoms with Gasteiger partial charge < -0.3 is 5.11 Å². The standard InChI is InChI=1S/C16H24O3/c1-2-3-8-13-11-12-15(17)14(13)9-6-4-5-7-10-16(18)19/h9,11-13H,2-8,10H2,1H3,(H,18,19). The number of allylic oxidation sites excluding steroid dienone is 4. The fourth-order valence-electron chi connectivity index (χ4n) is 2.37. The average molecular weight is 264 g/mol. The number of hydrogen-bond donors (Lipinski definition) is 1. The third kappa shape index (κ3) is 5.86. The zero-order valence-corrected chi connectivity index (χ0v) is 11.7. The van der Waals surface area contributed by atoms with Crippen LogP contribution in [0.4, 0.5) is 0 Å². The van der Waals surface area contributed by atoms with Gasteiger partial charge in [0.1, 0.15) is 0 Å². The number of rotatable bonds is 9. The van der Waals surface area contributed by atoms with Crippen LogP contribution >= 0.6 is 0 Å². The lowest BCUT2D eigenvalue weighted by Gasteiger charge is -2.09. The molecule has 0 spiro atoms. The monoisotopic (exact) mass is 264 g/mol. The van der Waals surface area contributed by atoms with E-state index in [1.54, 1.807) is 6.08 Å². The molecule has 19 heavy (non-hydrogen) atoms. The van der Waals surface area contributed by atoms with Crippen molar-refractivity contribution in [3.63, 3.8) is 0 Å². The maximum Gasteiger partial charge on any atom is 0.303 e. The fraction of sp³-hybridized carbons (Fsp3) is 0.625. The lowest BCUT2D eigenvalue weighted by Crippen LogP contribution is -2.03. The molecule has 1 rings (SSSR count). The van der Waals surface area contributed by atoms with Gasteiger partial charge in [0.25, 0.3) is 0 Å². The van der Waals surface area contributed by atoms with E-state index in [1.807, 2.05) is 6.08 Å². The predicted molar refractivity (Wildman–Crippen MR) is 76.0 cm³/mol. The molecule has 0 aromatic carbocycles. The van der Waals surface area contributed by atoms with Crippen LogP contribution in [0.25, 0.3) is 0 Å². The van der Waals surface area contributed by atoms with Crippen LogP contribution in [-0.2, 0) is 9.59 Å². The molecule has 0 aromatic rings. The number of unbranched alkanes of at least 4 members (excludes halogenated alkanes) is 4. The van der Waals surface area contributed by atoms with Gasteiger partial charge in [-0.3, -0.25) is 9.59 Å². The minimum absolute atomic E-state index is 0.159. The summed E-state index contributed by atoms with van der Waals surface area (Å²) in [5, 5.41) is 8.53. The minimum atomic E-state index is -0.729. The Kier molecular flexibility index (Phi) is 7.16. The van der Waals surface area contributed by atoms with Gasteiger partial charge in [0.05, 0.1) is 0 Å². The molecule has 1 N–H and O–H groups in total. The highest BCUT2D eigenvalue weighted by Crippen LogP contribution is 2.27. The highest BCUT2D eigenvalue weighted by Gasteiger charge is 2.21. The molecule has 0 radical (unpaired) electrons. The van der Waals surface area contributed by atoms with Crippen molar-refractivity contribution >= 4 is 11.8 Å². The van der Waals surface area contributed by atoms with Gasteiger partial charge in [0.15, 0.2) is 5.78 Å². The SMILES string of the molecule is CCCCC1C=CC(=O)C1=CCCCCCC(=O)O. The van der Waals surface area contributed by atoms with Gasteiger partial charge in [-0.2, -0.15) is 0 Å². The Hall–Kier alpha value is -1.38. The van der Waals surface area contributed by atoms with E-state index in [0.29, 0.717) is 5.92 Å². The van der Waals surface area contributed by atoms with Crippen molar-refractivity contribution in [1.29, 1.82) is 0 Å². The molecule has 1 aliphatic rings. The van der Waals surface area contributed by atoms with Crippen molar-refractivity contribution in [3.8, 4) is 0 Å². The first-order valence-corrected chi connectivity index (χ1v) is 7.29. The molecule has 0 bridgehead atoms. The molecule has 3 nitrogen and oxygen atoms in total. The van der Waals surface area contributed by atoms with Crippen molar-refractivity contribution in [2.45, 2.75) is 58.3 Å². The second-order valence-electron chi connectivity index (χ2n) is 5.12. The van der Waals surface area contributed by atoms with Gasteiger partial charge in [-0.1, -0.05) is 38.3 Å². The zero-order valence-electron chi connectivity index (χ0n) is 11.7. The van der Waals surface area contributed by atoms with Crippen LogP contribution in [0.5, 0.6) is 0 Å². The Morgan fingerprint density at radius 3 is 2.79 bits per heavy atom. The van der Waals surface area contributed by atoms with Crippen LogP contribution in [0.2, 0.25) is 0 Å². The van der Waals surface area contributed by atoms with E-state index in [0.717, 1.165) is 50.5 Å². The van der Waals surface area contributed by atoms with Crippen LogP contribution in [-0.4, -0.2) is 16.9 Å². The van der Waals surface area contributed by atoms with Crippen LogP contribution in [0.3, 0.4) is 0 Å². The van der Waals surface area contributed by atoms with E-state index in [1.165, 1.54) is 0 Å². The molecule has 0 aliphatic heterocycles. The maximum absolute atomic E-state index is 11.7. The number of aliphatic carboxylic acids is 1. The van der Waals surface area contributed by atoms with E-state index in [-0.39, 0.29) is 12.2 Å². The van der Waals surface area contributed by atoms with Crippen LogP contribution in [0.15, 0.2) is 23.8 Å². The number of carboxylic acids is 1. The number of hydrogen-bond acceptors (Lipinski definition) is 2. The van der Waals surface area contributed by atoms with Gasteiger partial charge in [-0.15, -0.1) is 0 Å². The lowest BCUT2D eigenvalue weighted by atomic mass is 9.95. The first-order valence-electron chi connectivity index (χ1n) is 7.29. The molecule has 1 aliphatic carbocycles. The Bertz CT molecular complexity index is 366. The Labute approximate surface area is 115 Å². The zero-order chi connectivity index (χ0) is 14.1. The first kappa shape index (κ1) is 15.7. The molecule has 0 saturated heterocycles. The lowest BCUT2D eigenvalue weighted by molar-refractivity contribution is -0.137. The normalized spacial score (nSPS) is 20.4. The molecule has 3 heteroatoms. The van der Waals surface area contributed by atoms with Crippen LogP contribution < -0.4 is 0 Å². The predicted octanol–water partition coefficient (Wildman–Crippen LogP) is 3.89. The molecule has 106 valence electrons. The number of ketones is 1. The maximum atomic E-state index is 11.7. The molecule has 0 fully saturated rings. The Balaban J connectivity index is 2.29. The van der Waals surface area contributed by atoms with Gasteiger partial charge in [0.2, 0.25) is 0 Å². The molecule has 0 amide bonds. The third-order valence-corrected chi connectivity index (χ3v) is 3.49. The largest absolute Gasteiger partial charge is 0.481 e. The van der Waals surface area contributed by atoms with Crippen molar-refractivity contribution < 1.29 is 14.7 Å². The molecule has 0 heterocycles. The summed E-state index contributed by atoms with van der Waals surface area (Å²) in [5.74, 6) is -0.258. The minimum Gasteiger partial charge on any atom is -0.481 e. The van der Waals surface area contributed by atoms with E-state index < -0.39 is 5.97 Å². The Morgan fingerprint density at radius 2 is 2.11 bits per heavy atom. The molecular weight excluding hydrogens is 240 g/mol. The van der Waals surface area contributed by atoms with Crippen molar-refractivity contribution in [1.82, 2.24) is 0 Å². The Morgan fingerprint density at radius 1 is 1.32 bits per heavy atom. The number of carbonyl (C=O) groups is 2. The highest BCUT2D eigenvalue weighted by molar-refractivity contribution is 6.07. The summed E-state index contributed by atoms with van der Waals surface area (Å²) in [6.07, 6.45) is 12.9. The summed E-state index contributed by atoms with van der Waals surface area (Å²) in [6, 6.07) is 0. The second kappa shape index (κ2) is 8.68. The van der Waals surface area contributed by atoms with E-state index in [2.05, 4.69) is 13.0 Å². The molecular formula is C16H24O3. The van der Waals surface area contributed by atoms with Crippen molar-refractivity contribution in [3.05, 3.63) is 23.8 Å². The molecule has 0 saturated carbocycles. The third-order valence-electron chi connectivity index (χ3n) is 3.49. The first-order chi connectivity index (χ1) is 9.15. The number of carbonyl (C=O) groups excluding carboxylic acids is 1. The fourth-order valence-corrected chi connectivity index (χ4v) is 2.37. The van der Waals surface area contributed by atoms with Crippen LogP contribution in [0.1, 0.15) is 58.3 Å². The highest BCUT2D eigenvalue weighted by atomic mass is 16.4. The summed E-state index contributed by atoms with van der Waals surface area (Å²) in [5.41, 5.74) is 0.951. The van der Waals surface area contributed by atoms with Crippen LogP contribution in [0, 0.1) is 5.92 Å². The molecule has 0 aromatic heterocycles. The van der Waals surface area contributed by atoms with Gasteiger partial charge in [0, 0.05) is 17.9 Å². The summed E-state index contributed by atoms with van der Waals surface area (Å²) in [6.45, 7) is 2.16.